The maximum absolute atomic E-state index is 12.0. The number of esters is 1. The minimum Gasteiger partial charge on any atom is -0.459 e. The molecule has 126 valence electrons. The number of H-pyrrole nitrogens is 1. The molecule has 5 nitrogen and oxygen atoms in total. The molecule has 1 aliphatic rings. The van der Waals surface area contributed by atoms with Gasteiger partial charge in [-0.1, -0.05) is 0 Å². The number of rotatable bonds is 5. The fraction of sp³-hybridized carbons (Fsp3) is 0.556. The van der Waals surface area contributed by atoms with Crippen molar-refractivity contribution in [3.8, 4) is 0 Å². The van der Waals surface area contributed by atoms with Crippen LogP contribution in [-0.4, -0.2) is 40.0 Å². The lowest BCUT2D eigenvalue weighted by Crippen LogP contribution is -2.32. The fourth-order valence-electron chi connectivity index (χ4n) is 2.95. The summed E-state index contributed by atoms with van der Waals surface area (Å²) >= 11 is 0. The van der Waals surface area contributed by atoms with Gasteiger partial charge in [-0.2, -0.15) is 0 Å². The van der Waals surface area contributed by atoms with Crippen LogP contribution in [0.3, 0.4) is 0 Å². The molecule has 2 heterocycles. The van der Waals surface area contributed by atoms with Gasteiger partial charge in [-0.15, -0.1) is 0 Å². The lowest BCUT2D eigenvalue weighted by Gasteiger charge is -2.22. The van der Waals surface area contributed by atoms with Crippen LogP contribution >= 0.6 is 0 Å². The van der Waals surface area contributed by atoms with Crippen molar-refractivity contribution in [2.45, 2.75) is 51.7 Å². The molecule has 3 rings (SSSR count). The number of hydrogen-bond acceptors (Lipinski definition) is 4. The molecule has 0 spiro atoms. The molecular weight excluding hydrogens is 290 g/mol. The van der Waals surface area contributed by atoms with Crippen molar-refractivity contribution in [3.63, 3.8) is 0 Å². The number of fused-ring (bicyclic) bond motifs is 1. The summed E-state index contributed by atoms with van der Waals surface area (Å²) in [4.78, 5) is 21.6. The molecule has 2 aromatic heterocycles. The van der Waals surface area contributed by atoms with Crippen LogP contribution in [0.4, 0.5) is 0 Å². The van der Waals surface area contributed by atoms with Gasteiger partial charge in [0, 0.05) is 25.8 Å². The van der Waals surface area contributed by atoms with E-state index < -0.39 is 5.60 Å². The third-order valence-electron chi connectivity index (χ3n) is 3.96. The Labute approximate surface area is 138 Å². The lowest BCUT2D eigenvalue weighted by atomic mass is 10.1. The molecule has 1 fully saturated rings. The summed E-state index contributed by atoms with van der Waals surface area (Å²) < 4.78 is 5.39. The topological polar surface area (TPSA) is 58.2 Å². The molecule has 1 N–H and O–H groups in total. The van der Waals surface area contributed by atoms with Crippen molar-refractivity contribution in [1.29, 1.82) is 0 Å². The highest BCUT2D eigenvalue weighted by Crippen LogP contribution is 2.43. The zero-order valence-electron chi connectivity index (χ0n) is 14.3. The van der Waals surface area contributed by atoms with Gasteiger partial charge in [0.05, 0.1) is 6.54 Å². The molecule has 0 aromatic carbocycles. The summed E-state index contributed by atoms with van der Waals surface area (Å²) in [6, 6.07) is 2.13. The Balaban J connectivity index is 0.00000208. The number of nitrogens with zero attached hydrogens (tertiary/aromatic N) is 2. The van der Waals surface area contributed by atoms with Crippen LogP contribution in [0.2, 0.25) is 0 Å². The predicted octanol–water partition coefficient (Wildman–Crippen LogP) is 3.46. The third-order valence-corrected chi connectivity index (χ3v) is 3.96. The maximum Gasteiger partial charge on any atom is 0.320 e. The normalized spacial score (nSPS) is 15.3. The van der Waals surface area contributed by atoms with E-state index in [2.05, 4.69) is 16.0 Å². The van der Waals surface area contributed by atoms with E-state index in [0.29, 0.717) is 12.5 Å². The van der Waals surface area contributed by atoms with Crippen molar-refractivity contribution >= 4 is 17.0 Å². The molecule has 0 saturated heterocycles. The first-order chi connectivity index (χ1) is 10.8. The summed E-state index contributed by atoms with van der Waals surface area (Å²) in [5.41, 5.74) is 3.08. The standard InChI is InChI=1S/C18H25N3O2.H2/c1-18(2,3)23-15(22)11-21(4)10-13-9-20-17-16(13)14(7-8-19-17)12-5-6-12;/h7-9,12H,5-6,10-11H2,1-4H3,(H,19,20);1H. The van der Waals surface area contributed by atoms with E-state index in [1.807, 2.05) is 45.1 Å². The van der Waals surface area contributed by atoms with Crippen LogP contribution in [0.5, 0.6) is 0 Å². The molecule has 5 heteroatoms. The Bertz CT molecular complexity index is 717. The van der Waals surface area contributed by atoms with Crippen LogP contribution in [0, 0.1) is 0 Å². The SMILES string of the molecule is CN(CC(=O)OC(C)(C)C)Cc1c[nH]c2nccc(C3CC3)c12.[HH]. The average Bonchev–Trinajstić information content (AvgIpc) is 3.19. The molecule has 23 heavy (non-hydrogen) atoms. The van der Waals surface area contributed by atoms with E-state index in [4.69, 9.17) is 4.74 Å². The largest absolute Gasteiger partial charge is 0.459 e. The van der Waals surface area contributed by atoms with Gasteiger partial charge in [0.1, 0.15) is 11.2 Å². The van der Waals surface area contributed by atoms with Gasteiger partial charge in [0.15, 0.2) is 0 Å². The lowest BCUT2D eigenvalue weighted by molar-refractivity contribution is -0.155. The first-order valence-corrected chi connectivity index (χ1v) is 8.19. The first kappa shape index (κ1) is 16.0. The minimum atomic E-state index is -0.443. The molecule has 0 aliphatic heterocycles. The van der Waals surface area contributed by atoms with E-state index in [9.17, 15) is 4.79 Å². The molecule has 0 unspecified atom stereocenters. The quantitative estimate of drug-likeness (QED) is 0.858. The summed E-state index contributed by atoms with van der Waals surface area (Å²) in [5, 5.41) is 1.23. The summed E-state index contributed by atoms with van der Waals surface area (Å²) in [5.74, 6) is 0.478. The first-order valence-electron chi connectivity index (χ1n) is 8.19. The predicted molar refractivity (Wildman–Crippen MR) is 92.4 cm³/mol. The van der Waals surface area contributed by atoms with Gasteiger partial charge >= 0.3 is 5.97 Å². The molecule has 0 radical (unpaired) electrons. The number of ether oxygens (including phenoxy) is 1. The number of pyridine rings is 1. The monoisotopic (exact) mass is 317 g/mol. The molecule has 0 atom stereocenters. The van der Waals surface area contributed by atoms with Gasteiger partial charge in [-0.25, -0.2) is 4.98 Å². The van der Waals surface area contributed by atoms with Crippen molar-refractivity contribution in [2.75, 3.05) is 13.6 Å². The number of nitrogens with one attached hydrogen (secondary N) is 1. The Hall–Kier alpha value is -1.88. The van der Waals surface area contributed by atoms with Gasteiger partial charge in [-0.05, 0) is 63.8 Å². The summed E-state index contributed by atoms with van der Waals surface area (Å²) in [6.45, 7) is 6.64. The summed E-state index contributed by atoms with van der Waals surface area (Å²) in [7, 11) is 1.94. The second-order valence-electron chi connectivity index (χ2n) is 7.47. The second-order valence-corrected chi connectivity index (χ2v) is 7.47. The van der Waals surface area contributed by atoms with Crippen molar-refractivity contribution in [3.05, 3.63) is 29.6 Å². The van der Waals surface area contributed by atoms with Gasteiger partial charge in [0.25, 0.3) is 0 Å². The second kappa shape index (κ2) is 5.96. The Morgan fingerprint density at radius 1 is 1.48 bits per heavy atom. The number of aromatic nitrogens is 2. The van der Waals surface area contributed by atoms with Crippen LogP contribution in [-0.2, 0) is 16.1 Å². The van der Waals surface area contributed by atoms with Crippen LogP contribution in [0.15, 0.2) is 18.5 Å². The molecular formula is C18H27N3O2. The average molecular weight is 317 g/mol. The van der Waals surface area contributed by atoms with Crippen LogP contribution in [0.1, 0.15) is 52.1 Å². The Kier molecular flexibility index (Phi) is 4.15. The summed E-state index contributed by atoms with van der Waals surface area (Å²) in [6.07, 6.45) is 6.41. The minimum absolute atomic E-state index is 0. The van der Waals surface area contributed by atoms with Crippen LogP contribution < -0.4 is 0 Å². The van der Waals surface area contributed by atoms with Crippen LogP contribution in [0.25, 0.3) is 11.0 Å². The highest BCUT2D eigenvalue weighted by Gasteiger charge is 2.27. The number of likely N-dealkylation sites (N-methyl/N-ethyl adjacent to an activating group) is 1. The number of aromatic amines is 1. The Morgan fingerprint density at radius 2 is 2.22 bits per heavy atom. The Morgan fingerprint density at radius 3 is 2.87 bits per heavy atom. The van der Waals surface area contributed by atoms with Crippen molar-refractivity contribution in [1.82, 2.24) is 14.9 Å². The molecule has 2 aromatic rings. The molecule has 1 saturated carbocycles. The maximum atomic E-state index is 12.0. The van der Waals surface area contributed by atoms with Gasteiger partial charge < -0.3 is 9.72 Å². The molecule has 0 amide bonds. The smallest absolute Gasteiger partial charge is 0.320 e. The highest BCUT2D eigenvalue weighted by atomic mass is 16.6. The zero-order valence-corrected chi connectivity index (χ0v) is 14.3. The van der Waals surface area contributed by atoms with Crippen molar-refractivity contribution in [2.24, 2.45) is 0 Å². The van der Waals surface area contributed by atoms with Gasteiger partial charge in [0.2, 0.25) is 0 Å². The molecule has 1 aliphatic carbocycles. The van der Waals surface area contributed by atoms with E-state index in [0.717, 1.165) is 5.65 Å². The van der Waals surface area contributed by atoms with Crippen molar-refractivity contribution < 1.29 is 11.0 Å². The zero-order chi connectivity index (χ0) is 16.6. The van der Waals surface area contributed by atoms with E-state index in [1.54, 1.807) is 0 Å². The third kappa shape index (κ3) is 3.91. The van der Waals surface area contributed by atoms with E-state index in [1.165, 1.54) is 29.4 Å². The number of hydrogen-bond donors (Lipinski definition) is 1. The molecule has 0 bridgehead atoms. The fourth-order valence-corrected chi connectivity index (χ4v) is 2.95. The number of carbonyl (C=O) groups is 1. The van der Waals surface area contributed by atoms with E-state index in [-0.39, 0.29) is 13.9 Å². The van der Waals surface area contributed by atoms with Gasteiger partial charge in [-0.3, -0.25) is 9.69 Å². The van der Waals surface area contributed by atoms with E-state index >= 15 is 0 Å². The number of carbonyl (C=O) groups excluding carboxylic acids is 1. The highest BCUT2D eigenvalue weighted by molar-refractivity contribution is 5.84.